The third-order valence-electron chi connectivity index (χ3n) is 4.63. The molecule has 0 amide bonds. The summed E-state index contributed by atoms with van der Waals surface area (Å²) in [5.41, 5.74) is 6.41. The fourth-order valence-electron chi connectivity index (χ4n) is 3.28. The Labute approximate surface area is 94.2 Å². The minimum Gasteiger partial charge on any atom is -0.330 e. The van der Waals surface area contributed by atoms with Crippen LogP contribution < -0.4 is 5.73 Å². The second kappa shape index (κ2) is 4.84. The van der Waals surface area contributed by atoms with Gasteiger partial charge in [0, 0.05) is 12.6 Å². The minimum atomic E-state index is 0.492. The van der Waals surface area contributed by atoms with Crippen LogP contribution in [0, 0.1) is 5.41 Å². The molecule has 0 aliphatic heterocycles. The van der Waals surface area contributed by atoms with E-state index in [0.717, 1.165) is 12.6 Å². The highest BCUT2D eigenvalue weighted by Gasteiger charge is 2.37. The van der Waals surface area contributed by atoms with Gasteiger partial charge >= 0.3 is 0 Å². The summed E-state index contributed by atoms with van der Waals surface area (Å²) in [6.07, 6.45) is 11.3. The number of nitrogens with two attached hydrogens (primary N) is 1. The van der Waals surface area contributed by atoms with Gasteiger partial charge < -0.3 is 10.6 Å². The number of hydrogen-bond acceptors (Lipinski definition) is 2. The van der Waals surface area contributed by atoms with Crippen molar-refractivity contribution in [2.24, 2.45) is 11.1 Å². The van der Waals surface area contributed by atoms with Crippen molar-refractivity contribution in [2.75, 3.05) is 20.1 Å². The highest BCUT2D eigenvalue weighted by atomic mass is 15.1. The zero-order chi connectivity index (χ0) is 10.7. The average Bonchev–Trinajstić information content (AvgIpc) is 2.24. The smallest absolute Gasteiger partial charge is 0.00924 e. The van der Waals surface area contributed by atoms with Gasteiger partial charge in [0.2, 0.25) is 0 Å². The summed E-state index contributed by atoms with van der Waals surface area (Å²) in [5, 5.41) is 0. The van der Waals surface area contributed by atoms with E-state index in [2.05, 4.69) is 11.9 Å². The molecule has 2 fully saturated rings. The van der Waals surface area contributed by atoms with Crippen molar-refractivity contribution in [3.05, 3.63) is 0 Å². The Bertz CT molecular complexity index is 187. The molecule has 2 rings (SSSR count). The number of hydrogen-bond donors (Lipinski definition) is 1. The third-order valence-corrected chi connectivity index (χ3v) is 4.63. The molecule has 0 aromatic rings. The van der Waals surface area contributed by atoms with Crippen molar-refractivity contribution in [2.45, 2.75) is 57.4 Å². The molecule has 0 aromatic carbocycles. The highest BCUT2D eigenvalue weighted by molar-refractivity contribution is 4.92. The first-order chi connectivity index (χ1) is 7.26. The van der Waals surface area contributed by atoms with Gasteiger partial charge in [-0.15, -0.1) is 0 Å². The van der Waals surface area contributed by atoms with Gasteiger partial charge in [0.1, 0.15) is 0 Å². The first-order valence-corrected chi connectivity index (χ1v) is 6.66. The van der Waals surface area contributed by atoms with Crippen molar-refractivity contribution in [1.29, 1.82) is 0 Å². The Morgan fingerprint density at radius 2 is 1.80 bits per heavy atom. The van der Waals surface area contributed by atoms with Gasteiger partial charge in [-0.2, -0.15) is 0 Å². The molecule has 2 saturated carbocycles. The largest absolute Gasteiger partial charge is 0.330 e. The van der Waals surface area contributed by atoms with E-state index >= 15 is 0 Å². The van der Waals surface area contributed by atoms with E-state index in [-0.39, 0.29) is 0 Å². The Hall–Kier alpha value is -0.0800. The molecule has 2 heteroatoms. The van der Waals surface area contributed by atoms with Crippen LogP contribution in [0.4, 0.5) is 0 Å². The SMILES string of the molecule is CN(CC1(CN)CCC1)C1CCCCC1. The summed E-state index contributed by atoms with van der Waals surface area (Å²) in [7, 11) is 2.31. The standard InChI is InChI=1S/C13H26N2/c1-15(12-6-3-2-4-7-12)11-13(10-14)8-5-9-13/h12H,2-11,14H2,1H3. The lowest BCUT2D eigenvalue weighted by molar-refractivity contribution is 0.0569. The monoisotopic (exact) mass is 210 g/mol. The van der Waals surface area contributed by atoms with Gasteiger partial charge in [0.25, 0.3) is 0 Å². The van der Waals surface area contributed by atoms with Crippen LogP contribution in [-0.2, 0) is 0 Å². The van der Waals surface area contributed by atoms with Crippen LogP contribution in [0.25, 0.3) is 0 Å². The number of nitrogens with zero attached hydrogens (tertiary/aromatic N) is 1. The van der Waals surface area contributed by atoms with Crippen LogP contribution in [0.1, 0.15) is 51.4 Å². The van der Waals surface area contributed by atoms with E-state index in [1.807, 2.05) is 0 Å². The molecule has 2 nitrogen and oxygen atoms in total. The second-order valence-electron chi connectivity index (χ2n) is 5.76. The Balaban J connectivity index is 1.82. The van der Waals surface area contributed by atoms with Gasteiger partial charge in [-0.05, 0) is 44.7 Å². The summed E-state index contributed by atoms with van der Waals surface area (Å²) in [5.74, 6) is 0. The van der Waals surface area contributed by atoms with E-state index in [9.17, 15) is 0 Å². The van der Waals surface area contributed by atoms with E-state index in [1.165, 1.54) is 57.9 Å². The van der Waals surface area contributed by atoms with Gasteiger partial charge in [-0.1, -0.05) is 25.7 Å². The molecule has 0 atom stereocenters. The molecule has 0 saturated heterocycles. The lowest BCUT2D eigenvalue weighted by atomic mass is 9.68. The summed E-state index contributed by atoms with van der Waals surface area (Å²) >= 11 is 0. The molecular formula is C13H26N2. The fourth-order valence-corrected chi connectivity index (χ4v) is 3.28. The normalized spacial score (nSPS) is 26.6. The predicted octanol–water partition coefficient (Wildman–Crippen LogP) is 2.38. The molecule has 2 aliphatic rings. The van der Waals surface area contributed by atoms with Gasteiger partial charge in [0.15, 0.2) is 0 Å². The first kappa shape index (κ1) is 11.4. The van der Waals surface area contributed by atoms with Crippen LogP contribution in [-0.4, -0.2) is 31.1 Å². The summed E-state index contributed by atoms with van der Waals surface area (Å²) in [6, 6.07) is 0.850. The maximum atomic E-state index is 5.92. The molecule has 2 aliphatic carbocycles. The van der Waals surface area contributed by atoms with E-state index < -0.39 is 0 Å². The van der Waals surface area contributed by atoms with E-state index in [0.29, 0.717) is 5.41 Å². The maximum absolute atomic E-state index is 5.92. The summed E-state index contributed by atoms with van der Waals surface area (Å²) < 4.78 is 0. The third kappa shape index (κ3) is 2.54. The highest BCUT2D eigenvalue weighted by Crippen LogP contribution is 2.41. The van der Waals surface area contributed by atoms with Crippen LogP contribution in [0.2, 0.25) is 0 Å². The molecular weight excluding hydrogens is 184 g/mol. The Kier molecular flexibility index (Phi) is 3.68. The second-order valence-corrected chi connectivity index (χ2v) is 5.76. The Morgan fingerprint density at radius 1 is 1.13 bits per heavy atom. The lowest BCUT2D eigenvalue weighted by Gasteiger charge is -2.46. The van der Waals surface area contributed by atoms with Crippen LogP contribution in [0.15, 0.2) is 0 Å². The topological polar surface area (TPSA) is 29.3 Å². The number of rotatable bonds is 4. The Morgan fingerprint density at radius 3 is 2.27 bits per heavy atom. The van der Waals surface area contributed by atoms with Gasteiger partial charge in [-0.3, -0.25) is 0 Å². The zero-order valence-corrected chi connectivity index (χ0v) is 10.2. The molecule has 0 heterocycles. The van der Waals surface area contributed by atoms with Crippen molar-refractivity contribution in [3.8, 4) is 0 Å². The van der Waals surface area contributed by atoms with Crippen LogP contribution in [0.3, 0.4) is 0 Å². The maximum Gasteiger partial charge on any atom is 0.00924 e. The van der Waals surface area contributed by atoms with Gasteiger partial charge in [-0.25, -0.2) is 0 Å². The fraction of sp³-hybridized carbons (Fsp3) is 1.00. The zero-order valence-electron chi connectivity index (χ0n) is 10.2. The molecule has 0 unspecified atom stereocenters. The molecule has 88 valence electrons. The van der Waals surface area contributed by atoms with E-state index in [1.54, 1.807) is 0 Å². The molecule has 0 spiro atoms. The van der Waals surface area contributed by atoms with Crippen LogP contribution >= 0.6 is 0 Å². The lowest BCUT2D eigenvalue weighted by Crippen LogP contribution is -2.49. The summed E-state index contributed by atoms with van der Waals surface area (Å²) in [4.78, 5) is 2.60. The van der Waals surface area contributed by atoms with Crippen molar-refractivity contribution < 1.29 is 0 Å². The predicted molar refractivity (Wildman–Crippen MR) is 64.8 cm³/mol. The van der Waals surface area contributed by atoms with E-state index in [4.69, 9.17) is 5.73 Å². The minimum absolute atomic E-state index is 0.492. The molecule has 0 radical (unpaired) electrons. The molecule has 15 heavy (non-hydrogen) atoms. The van der Waals surface area contributed by atoms with Crippen molar-refractivity contribution >= 4 is 0 Å². The quantitative estimate of drug-likeness (QED) is 0.772. The average molecular weight is 210 g/mol. The van der Waals surface area contributed by atoms with Crippen molar-refractivity contribution in [3.63, 3.8) is 0 Å². The van der Waals surface area contributed by atoms with Crippen molar-refractivity contribution in [1.82, 2.24) is 4.90 Å². The molecule has 0 aromatic heterocycles. The van der Waals surface area contributed by atoms with Crippen LogP contribution in [0.5, 0.6) is 0 Å². The van der Waals surface area contributed by atoms with Gasteiger partial charge in [0.05, 0.1) is 0 Å². The molecule has 0 bridgehead atoms. The molecule has 2 N–H and O–H groups in total. The summed E-state index contributed by atoms with van der Waals surface area (Å²) in [6.45, 7) is 2.14. The first-order valence-electron chi connectivity index (χ1n) is 6.66.